The predicted molar refractivity (Wildman–Crippen MR) is 122 cm³/mol. The monoisotopic (exact) mass is 457 g/mol. The molecule has 0 spiro atoms. The van der Waals surface area contributed by atoms with E-state index in [1.165, 1.54) is 23.3 Å². The molecular formula is C24H25ClFN3O3. The van der Waals surface area contributed by atoms with Crippen LogP contribution in [-0.4, -0.2) is 34.8 Å². The Morgan fingerprint density at radius 1 is 1.03 bits per heavy atom. The van der Waals surface area contributed by atoms with E-state index in [4.69, 9.17) is 16.0 Å². The number of benzene rings is 2. The van der Waals surface area contributed by atoms with Crippen LogP contribution in [0.15, 0.2) is 71.3 Å². The van der Waals surface area contributed by atoms with E-state index in [1.807, 2.05) is 6.92 Å². The van der Waals surface area contributed by atoms with E-state index in [0.717, 1.165) is 5.56 Å². The Hall–Kier alpha value is -3.32. The molecule has 2 aromatic carbocycles. The number of anilines is 1. The maximum Gasteiger partial charge on any atom is 0.322 e. The molecule has 1 aromatic heterocycles. The molecule has 0 radical (unpaired) electrons. The Balaban J connectivity index is 1.73. The van der Waals surface area contributed by atoms with Gasteiger partial charge in [0.05, 0.1) is 12.8 Å². The summed E-state index contributed by atoms with van der Waals surface area (Å²) in [5.74, 6) is 0.0239. The molecule has 0 aliphatic carbocycles. The molecule has 6 nitrogen and oxygen atoms in total. The van der Waals surface area contributed by atoms with Crippen LogP contribution in [0.25, 0.3) is 0 Å². The minimum absolute atomic E-state index is 0.109. The van der Waals surface area contributed by atoms with E-state index in [2.05, 4.69) is 5.32 Å². The highest BCUT2D eigenvalue weighted by Crippen LogP contribution is 2.16. The molecule has 168 valence electrons. The van der Waals surface area contributed by atoms with Crippen LogP contribution in [0.3, 0.4) is 0 Å². The SMILES string of the molecule is CCCN(CC(=O)N(Cc1ccc(F)cc1)Cc1ccco1)C(=O)Nc1cccc(Cl)c1. The number of hydrogen-bond donors (Lipinski definition) is 1. The lowest BCUT2D eigenvalue weighted by molar-refractivity contribution is -0.133. The number of halogens is 2. The number of nitrogens with one attached hydrogen (secondary N) is 1. The number of nitrogens with zero attached hydrogens (tertiary/aromatic N) is 2. The average Bonchev–Trinajstić information content (AvgIpc) is 3.27. The normalized spacial score (nSPS) is 10.6. The number of urea groups is 1. The Morgan fingerprint density at radius 3 is 2.47 bits per heavy atom. The highest BCUT2D eigenvalue weighted by Gasteiger charge is 2.22. The van der Waals surface area contributed by atoms with Gasteiger partial charge in [-0.15, -0.1) is 0 Å². The molecule has 0 saturated carbocycles. The molecule has 0 fully saturated rings. The quantitative estimate of drug-likeness (QED) is 0.458. The van der Waals surface area contributed by atoms with Gasteiger partial charge in [0.25, 0.3) is 0 Å². The van der Waals surface area contributed by atoms with Crippen LogP contribution in [0.2, 0.25) is 5.02 Å². The third kappa shape index (κ3) is 6.85. The molecule has 3 aromatic rings. The topological polar surface area (TPSA) is 65.8 Å². The second-order valence-electron chi connectivity index (χ2n) is 7.32. The first-order valence-electron chi connectivity index (χ1n) is 10.3. The molecule has 0 saturated heterocycles. The van der Waals surface area contributed by atoms with Crippen molar-refractivity contribution in [1.82, 2.24) is 9.80 Å². The standard InChI is InChI=1S/C24H25ClFN3O3/c1-2-12-28(24(31)27-21-6-3-5-19(25)14-21)17-23(30)29(16-22-7-4-13-32-22)15-18-8-10-20(26)11-9-18/h3-11,13-14H,2,12,15-17H2,1H3,(H,27,31). The van der Waals surface area contributed by atoms with Crippen molar-refractivity contribution in [2.45, 2.75) is 26.4 Å². The summed E-state index contributed by atoms with van der Waals surface area (Å²) in [5, 5.41) is 3.29. The summed E-state index contributed by atoms with van der Waals surface area (Å²) in [6.45, 7) is 2.73. The first kappa shape index (κ1) is 23.3. The predicted octanol–water partition coefficient (Wildman–Crippen LogP) is 5.55. The minimum Gasteiger partial charge on any atom is -0.467 e. The van der Waals surface area contributed by atoms with E-state index in [9.17, 15) is 14.0 Å². The van der Waals surface area contributed by atoms with Crippen molar-refractivity contribution in [3.8, 4) is 0 Å². The maximum absolute atomic E-state index is 13.3. The van der Waals surface area contributed by atoms with Gasteiger partial charge < -0.3 is 19.5 Å². The van der Waals surface area contributed by atoms with Gasteiger partial charge in [-0.3, -0.25) is 4.79 Å². The second kappa shape index (κ2) is 11.3. The molecule has 0 atom stereocenters. The van der Waals surface area contributed by atoms with Gasteiger partial charge in [0, 0.05) is 23.8 Å². The van der Waals surface area contributed by atoms with Crippen LogP contribution in [-0.2, 0) is 17.9 Å². The molecule has 8 heteroatoms. The molecule has 0 aliphatic heterocycles. The van der Waals surface area contributed by atoms with Crippen molar-refractivity contribution >= 4 is 29.2 Å². The third-order valence-electron chi connectivity index (χ3n) is 4.75. The number of carbonyl (C=O) groups is 2. The lowest BCUT2D eigenvalue weighted by atomic mass is 10.2. The molecule has 1 heterocycles. The van der Waals surface area contributed by atoms with E-state index in [-0.39, 0.29) is 37.4 Å². The van der Waals surface area contributed by atoms with Crippen molar-refractivity contribution in [2.24, 2.45) is 0 Å². The molecule has 0 aliphatic rings. The molecule has 0 bridgehead atoms. The van der Waals surface area contributed by atoms with Gasteiger partial charge in [0.15, 0.2) is 0 Å². The number of carbonyl (C=O) groups excluding carboxylic acids is 2. The molecular weight excluding hydrogens is 433 g/mol. The first-order valence-corrected chi connectivity index (χ1v) is 10.7. The number of amides is 3. The fourth-order valence-electron chi connectivity index (χ4n) is 3.19. The van der Waals surface area contributed by atoms with E-state index >= 15 is 0 Å². The van der Waals surface area contributed by atoms with Gasteiger partial charge in [0.2, 0.25) is 5.91 Å². The fraction of sp³-hybridized carbons (Fsp3) is 0.250. The number of rotatable bonds is 9. The van der Waals surface area contributed by atoms with E-state index in [1.54, 1.807) is 53.4 Å². The number of furan rings is 1. The summed E-state index contributed by atoms with van der Waals surface area (Å²) in [6, 6.07) is 15.9. The summed E-state index contributed by atoms with van der Waals surface area (Å²) in [5.41, 5.74) is 1.33. The molecule has 3 amide bonds. The number of hydrogen-bond acceptors (Lipinski definition) is 3. The van der Waals surface area contributed by atoms with Crippen LogP contribution in [0.1, 0.15) is 24.7 Å². The maximum atomic E-state index is 13.3. The molecule has 1 N–H and O–H groups in total. The largest absolute Gasteiger partial charge is 0.467 e. The smallest absolute Gasteiger partial charge is 0.322 e. The van der Waals surface area contributed by atoms with Crippen LogP contribution < -0.4 is 5.32 Å². The lowest BCUT2D eigenvalue weighted by Crippen LogP contribution is -2.44. The van der Waals surface area contributed by atoms with Gasteiger partial charge in [0.1, 0.15) is 18.1 Å². The molecule has 0 unspecified atom stereocenters. The lowest BCUT2D eigenvalue weighted by Gasteiger charge is -2.27. The summed E-state index contributed by atoms with van der Waals surface area (Å²) < 4.78 is 18.7. The van der Waals surface area contributed by atoms with Gasteiger partial charge in [-0.1, -0.05) is 36.7 Å². The summed E-state index contributed by atoms with van der Waals surface area (Å²) in [6.07, 6.45) is 2.23. The van der Waals surface area contributed by atoms with E-state index in [0.29, 0.717) is 29.4 Å². The van der Waals surface area contributed by atoms with Gasteiger partial charge in [-0.05, 0) is 54.4 Å². The first-order chi connectivity index (χ1) is 15.4. The van der Waals surface area contributed by atoms with Crippen LogP contribution in [0, 0.1) is 5.82 Å². The Labute approximate surface area is 191 Å². The fourth-order valence-corrected chi connectivity index (χ4v) is 3.38. The summed E-state index contributed by atoms with van der Waals surface area (Å²) >= 11 is 5.99. The molecule has 32 heavy (non-hydrogen) atoms. The average molecular weight is 458 g/mol. The van der Waals surface area contributed by atoms with Crippen molar-refractivity contribution in [1.29, 1.82) is 0 Å². The molecule has 3 rings (SSSR count). The second-order valence-corrected chi connectivity index (χ2v) is 7.75. The van der Waals surface area contributed by atoms with Crippen LogP contribution in [0.5, 0.6) is 0 Å². The summed E-state index contributed by atoms with van der Waals surface area (Å²) in [4.78, 5) is 29.1. The van der Waals surface area contributed by atoms with Gasteiger partial charge in [-0.25, -0.2) is 9.18 Å². The Morgan fingerprint density at radius 2 is 1.81 bits per heavy atom. The highest BCUT2D eigenvalue weighted by molar-refractivity contribution is 6.30. The Kier molecular flexibility index (Phi) is 8.27. The Bertz CT molecular complexity index is 1030. The zero-order valence-electron chi connectivity index (χ0n) is 17.8. The van der Waals surface area contributed by atoms with Gasteiger partial charge in [-0.2, -0.15) is 0 Å². The van der Waals surface area contributed by atoms with Crippen molar-refractivity contribution < 1.29 is 18.4 Å². The highest BCUT2D eigenvalue weighted by atomic mass is 35.5. The van der Waals surface area contributed by atoms with E-state index < -0.39 is 0 Å². The van der Waals surface area contributed by atoms with Crippen LogP contribution >= 0.6 is 11.6 Å². The zero-order valence-corrected chi connectivity index (χ0v) is 18.5. The summed E-state index contributed by atoms with van der Waals surface area (Å²) in [7, 11) is 0. The van der Waals surface area contributed by atoms with Crippen molar-refractivity contribution in [3.63, 3.8) is 0 Å². The van der Waals surface area contributed by atoms with Crippen molar-refractivity contribution in [3.05, 3.63) is 89.1 Å². The van der Waals surface area contributed by atoms with Crippen molar-refractivity contribution in [2.75, 3.05) is 18.4 Å². The zero-order chi connectivity index (χ0) is 22.9. The van der Waals surface area contributed by atoms with Crippen LogP contribution in [0.4, 0.5) is 14.9 Å². The third-order valence-corrected chi connectivity index (χ3v) is 4.98. The minimum atomic E-state index is -0.387. The van der Waals surface area contributed by atoms with Gasteiger partial charge >= 0.3 is 6.03 Å².